The Hall–Kier alpha value is -0.170. The summed E-state index contributed by atoms with van der Waals surface area (Å²) >= 11 is 0. The lowest BCUT2D eigenvalue weighted by atomic mass is 9.70. The van der Waals surface area contributed by atoms with Gasteiger partial charge in [0.1, 0.15) is 0 Å². The lowest BCUT2D eigenvalue weighted by Crippen LogP contribution is -2.61. The van der Waals surface area contributed by atoms with Crippen molar-refractivity contribution in [3.05, 3.63) is 0 Å². The molecule has 0 radical (unpaired) electrons. The zero-order valence-corrected chi connectivity index (χ0v) is 13.2. The Bertz CT molecular complexity index is 447. The number of hydrogen-bond acceptors (Lipinski definition) is 3. The van der Waals surface area contributed by atoms with E-state index in [1.165, 1.54) is 19.3 Å². The summed E-state index contributed by atoms with van der Waals surface area (Å²) in [6.45, 7) is 3.63. The van der Waals surface area contributed by atoms with Crippen molar-refractivity contribution in [2.24, 2.45) is 0 Å². The average molecular weight is 301 g/mol. The quantitative estimate of drug-likeness (QED) is 0.827. The van der Waals surface area contributed by atoms with Crippen molar-refractivity contribution in [2.75, 3.05) is 13.1 Å². The summed E-state index contributed by atoms with van der Waals surface area (Å²) in [6, 6.07) is 0.247. The van der Waals surface area contributed by atoms with Crippen molar-refractivity contribution in [2.45, 2.75) is 75.9 Å². The van der Waals surface area contributed by atoms with Gasteiger partial charge in [0.15, 0.2) is 0 Å². The minimum atomic E-state index is -3.31. The number of nitrogens with one attached hydrogen (secondary N) is 2. The van der Waals surface area contributed by atoms with E-state index in [1.807, 2.05) is 6.92 Å². The van der Waals surface area contributed by atoms with Crippen LogP contribution in [-0.4, -0.2) is 43.4 Å². The van der Waals surface area contributed by atoms with Crippen LogP contribution in [0.2, 0.25) is 0 Å². The first-order valence-electron chi connectivity index (χ1n) is 8.05. The second kappa shape index (κ2) is 5.55. The van der Waals surface area contributed by atoms with E-state index in [1.54, 1.807) is 4.31 Å². The lowest BCUT2D eigenvalue weighted by molar-refractivity contribution is 0.125. The fraction of sp³-hybridized carbons (Fsp3) is 1.00. The maximum Gasteiger partial charge on any atom is 0.279 e. The van der Waals surface area contributed by atoms with Crippen molar-refractivity contribution < 1.29 is 8.42 Å². The summed E-state index contributed by atoms with van der Waals surface area (Å²) in [6.07, 6.45) is 8.64. The third-order valence-electron chi connectivity index (χ3n) is 5.31. The fourth-order valence-electron chi connectivity index (χ4n) is 3.95. The number of nitrogens with zero attached hydrogens (tertiary/aromatic N) is 1. The molecule has 0 bridgehead atoms. The van der Waals surface area contributed by atoms with Crippen LogP contribution in [0.15, 0.2) is 0 Å². The molecule has 1 saturated carbocycles. The van der Waals surface area contributed by atoms with E-state index in [0.29, 0.717) is 6.54 Å². The van der Waals surface area contributed by atoms with Gasteiger partial charge < -0.3 is 5.32 Å². The molecular formula is C14H27N3O2S. The Morgan fingerprint density at radius 2 is 2.00 bits per heavy atom. The second-order valence-electron chi connectivity index (χ2n) is 6.83. The molecule has 3 fully saturated rings. The first-order valence-corrected chi connectivity index (χ1v) is 9.49. The summed E-state index contributed by atoms with van der Waals surface area (Å²) < 4.78 is 29.8. The molecule has 3 rings (SSSR count). The Kier molecular flexibility index (Phi) is 4.10. The Morgan fingerprint density at radius 3 is 2.65 bits per heavy atom. The molecule has 0 amide bonds. The first-order chi connectivity index (χ1) is 9.51. The maximum absolute atomic E-state index is 12.6. The largest absolute Gasteiger partial charge is 0.311 e. The smallest absolute Gasteiger partial charge is 0.279 e. The topological polar surface area (TPSA) is 61.4 Å². The molecule has 1 aliphatic carbocycles. The third-order valence-corrected chi connectivity index (χ3v) is 7.10. The standard InChI is InChI=1S/C14H27N3O2S/c1-12-5-2-3-10-17(12)20(18,19)16-13-6-9-15-14(11-13)7-4-8-14/h12-13,15-16H,2-11H2,1H3. The predicted molar refractivity (Wildman–Crippen MR) is 79.7 cm³/mol. The van der Waals surface area contributed by atoms with Crippen LogP contribution in [0.4, 0.5) is 0 Å². The molecule has 2 aliphatic heterocycles. The monoisotopic (exact) mass is 301 g/mol. The lowest BCUT2D eigenvalue weighted by Gasteiger charge is -2.48. The minimum Gasteiger partial charge on any atom is -0.311 e. The van der Waals surface area contributed by atoms with E-state index < -0.39 is 10.2 Å². The molecule has 3 aliphatic rings. The van der Waals surface area contributed by atoms with Gasteiger partial charge in [-0.1, -0.05) is 6.42 Å². The normalized spacial score (nSPS) is 34.9. The molecular weight excluding hydrogens is 274 g/mol. The van der Waals surface area contributed by atoms with Crippen LogP contribution in [0.5, 0.6) is 0 Å². The third kappa shape index (κ3) is 2.89. The van der Waals surface area contributed by atoms with Crippen LogP contribution in [0.25, 0.3) is 0 Å². The predicted octanol–water partition coefficient (Wildman–Crippen LogP) is 1.37. The zero-order chi connectivity index (χ0) is 14.2. The van der Waals surface area contributed by atoms with Crippen molar-refractivity contribution >= 4 is 10.2 Å². The van der Waals surface area contributed by atoms with Crippen LogP contribution < -0.4 is 10.0 Å². The van der Waals surface area contributed by atoms with E-state index in [-0.39, 0.29) is 17.6 Å². The van der Waals surface area contributed by atoms with Gasteiger partial charge in [0, 0.05) is 24.2 Å². The van der Waals surface area contributed by atoms with E-state index >= 15 is 0 Å². The summed E-state index contributed by atoms with van der Waals surface area (Å²) in [5, 5.41) is 3.59. The summed E-state index contributed by atoms with van der Waals surface area (Å²) in [7, 11) is -3.31. The molecule has 0 aromatic heterocycles. The van der Waals surface area contributed by atoms with Gasteiger partial charge >= 0.3 is 0 Å². The molecule has 116 valence electrons. The molecule has 20 heavy (non-hydrogen) atoms. The van der Waals surface area contributed by atoms with Crippen molar-refractivity contribution in [1.82, 2.24) is 14.3 Å². The van der Waals surface area contributed by atoms with E-state index in [0.717, 1.165) is 38.6 Å². The fourth-order valence-corrected chi connectivity index (χ4v) is 5.66. The number of rotatable bonds is 3. The van der Waals surface area contributed by atoms with Crippen molar-refractivity contribution in [1.29, 1.82) is 0 Å². The van der Waals surface area contributed by atoms with Crippen LogP contribution >= 0.6 is 0 Å². The van der Waals surface area contributed by atoms with E-state index in [2.05, 4.69) is 10.0 Å². The number of hydrogen-bond donors (Lipinski definition) is 2. The van der Waals surface area contributed by atoms with Gasteiger partial charge in [0.05, 0.1) is 0 Å². The molecule has 2 saturated heterocycles. The molecule has 2 heterocycles. The zero-order valence-electron chi connectivity index (χ0n) is 12.4. The van der Waals surface area contributed by atoms with Crippen molar-refractivity contribution in [3.63, 3.8) is 0 Å². The Labute approximate surface area is 122 Å². The first kappa shape index (κ1) is 14.8. The molecule has 1 spiro atoms. The van der Waals surface area contributed by atoms with E-state index in [4.69, 9.17) is 0 Å². The molecule has 2 N–H and O–H groups in total. The van der Waals surface area contributed by atoms with Crippen LogP contribution in [-0.2, 0) is 10.2 Å². The van der Waals surface area contributed by atoms with Gasteiger partial charge in [-0.3, -0.25) is 0 Å². The van der Waals surface area contributed by atoms with Crippen LogP contribution in [0.1, 0.15) is 58.3 Å². The molecule has 0 aromatic carbocycles. The van der Waals surface area contributed by atoms with Crippen LogP contribution in [0, 0.1) is 0 Å². The average Bonchev–Trinajstić information content (AvgIpc) is 2.37. The maximum atomic E-state index is 12.6. The molecule has 6 heteroatoms. The molecule has 0 aromatic rings. The van der Waals surface area contributed by atoms with Gasteiger partial charge in [0.2, 0.25) is 0 Å². The van der Waals surface area contributed by atoms with Gasteiger partial charge in [-0.25, -0.2) is 0 Å². The molecule has 2 unspecified atom stereocenters. The highest BCUT2D eigenvalue weighted by Crippen LogP contribution is 2.38. The van der Waals surface area contributed by atoms with Crippen LogP contribution in [0.3, 0.4) is 0 Å². The summed E-state index contributed by atoms with van der Waals surface area (Å²) in [5.41, 5.74) is 0.235. The second-order valence-corrected chi connectivity index (χ2v) is 8.48. The highest BCUT2D eigenvalue weighted by atomic mass is 32.2. The molecule has 5 nitrogen and oxygen atoms in total. The SMILES string of the molecule is CC1CCCCN1S(=O)(=O)NC1CCNC2(CCC2)C1. The summed E-state index contributed by atoms with van der Waals surface area (Å²) in [5.74, 6) is 0. The van der Waals surface area contributed by atoms with Gasteiger partial charge in [-0.2, -0.15) is 17.4 Å². The van der Waals surface area contributed by atoms with Gasteiger partial charge in [-0.15, -0.1) is 0 Å². The van der Waals surface area contributed by atoms with E-state index in [9.17, 15) is 8.42 Å². The minimum absolute atomic E-state index is 0.107. The molecule has 2 atom stereocenters. The number of piperidine rings is 2. The summed E-state index contributed by atoms with van der Waals surface area (Å²) in [4.78, 5) is 0. The Morgan fingerprint density at radius 1 is 1.20 bits per heavy atom. The van der Waals surface area contributed by atoms with Gasteiger partial charge in [0.25, 0.3) is 10.2 Å². The van der Waals surface area contributed by atoms with Crippen molar-refractivity contribution in [3.8, 4) is 0 Å². The highest BCUT2D eigenvalue weighted by Gasteiger charge is 2.42. The Balaban J connectivity index is 1.63. The van der Waals surface area contributed by atoms with Gasteiger partial charge in [-0.05, 0) is 58.4 Å². The highest BCUT2D eigenvalue weighted by molar-refractivity contribution is 7.87.